The van der Waals surface area contributed by atoms with E-state index in [1.165, 1.54) is 20.8 Å². The molecule has 0 spiro atoms. The molecule has 0 radical (unpaired) electrons. The summed E-state index contributed by atoms with van der Waals surface area (Å²) in [4.78, 5) is 24.0. The van der Waals surface area contributed by atoms with Gasteiger partial charge < -0.3 is 14.6 Å². The summed E-state index contributed by atoms with van der Waals surface area (Å²) in [5, 5.41) is 9.68. The molecule has 1 amide bonds. The van der Waals surface area contributed by atoms with Crippen molar-refractivity contribution < 1.29 is 37.3 Å². The quantitative estimate of drug-likeness (QED) is 0.742. The molecule has 1 rings (SSSR count). The van der Waals surface area contributed by atoms with Gasteiger partial charge in [-0.15, -0.1) is 0 Å². The second-order valence-corrected chi connectivity index (χ2v) is 5.88. The lowest BCUT2D eigenvalue weighted by Gasteiger charge is -2.28. The molecule has 1 aliphatic rings. The number of methoxy groups -OCH3 is 1. The molecule has 6 nitrogen and oxygen atoms in total. The predicted molar refractivity (Wildman–Crippen MR) is 64.4 cm³/mol. The Morgan fingerprint density at radius 1 is 1.29 bits per heavy atom. The van der Waals surface area contributed by atoms with Crippen LogP contribution in [0.2, 0.25) is 0 Å². The molecule has 21 heavy (non-hydrogen) atoms. The van der Waals surface area contributed by atoms with E-state index in [0.29, 0.717) is 4.90 Å². The van der Waals surface area contributed by atoms with Crippen LogP contribution in [-0.2, 0) is 14.3 Å². The number of likely N-dealkylation sites (tertiary alicyclic amines) is 1. The molecule has 0 aromatic rings. The van der Waals surface area contributed by atoms with E-state index < -0.39 is 48.4 Å². The van der Waals surface area contributed by atoms with Gasteiger partial charge in [-0.2, -0.15) is 13.2 Å². The molecule has 0 aliphatic carbocycles. The molecule has 1 fully saturated rings. The van der Waals surface area contributed by atoms with Crippen molar-refractivity contribution in [3.63, 3.8) is 0 Å². The third kappa shape index (κ3) is 3.78. The van der Waals surface area contributed by atoms with Crippen LogP contribution >= 0.6 is 0 Å². The number of aliphatic hydroxyl groups is 1. The highest BCUT2D eigenvalue weighted by molar-refractivity contribution is 5.82. The fourth-order valence-electron chi connectivity index (χ4n) is 1.95. The van der Waals surface area contributed by atoms with Crippen LogP contribution in [0.1, 0.15) is 27.2 Å². The van der Waals surface area contributed by atoms with Gasteiger partial charge >= 0.3 is 18.2 Å². The number of rotatable bonds is 1. The van der Waals surface area contributed by atoms with Gasteiger partial charge in [-0.05, 0) is 20.8 Å². The standard InChI is InChI=1S/C12H18F3NO5/c1-10(2,3)21-9(18)16-6-11(19,12(13,14)15)5-7(16)8(17)20-4/h7,19H,5-6H2,1-4H3/t7-,11?/m1/s1. The van der Waals surface area contributed by atoms with Gasteiger partial charge in [-0.25, -0.2) is 9.59 Å². The normalized spacial score (nSPS) is 26.7. The number of β-amino-alcohol motifs (C(OH)–C–C–N with tert-alkyl or cyclic N) is 1. The second-order valence-electron chi connectivity index (χ2n) is 5.88. The lowest BCUT2D eigenvalue weighted by atomic mass is 10.00. The summed E-state index contributed by atoms with van der Waals surface area (Å²) < 4.78 is 48.0. The number of amides is 1. The van der Waals surface area contributed by atoms with Crippen LogP contribution in [-0.4, -0.2) is 59.1 Å². The van der Waals surface area contributed by atoms with Gasteiger partial charge in [-0.1, -0.05) is 0 Å². The van der Waals surface area contributed by atoms with Gasteiger partial charge in [-0.3, -0.25) is 4.90 Å². The molecule has 1 unspecified atom stereocenters. The Balaban J connectivity index is 3.04. The number of esters is 1. The summed E-state index contributed by atoms with van der Waals surface area (Å²) in [6, 6.07) is -1.54. The van der Waals surface area contributed by atoms with Crippen LogP contribution in [0.25, 0.3) is 0 Å². The number of nitrogens with zero attached hydrogens (tertiary/aromatic N) is 1. The van der Waals surface area contributed by atoms with E-state index in [1.54, 1.807) is 0 Å². The molecule has 0 bridgehead atoms. The van der Waals surface area contributed by atoms with Crippen LogP contribution in [0.5, 0.6) is 0 Å². The summed E-state index contributed by atoms with van der Waals surface area (Å²) in [7, 11) is 0.987. The Morgan fingerprint density at radius 2 is 1.81 bits per heavy atom. The Hall–Kier alpha value is -1.51. The van der Waals surface area contributed by atoms with Crippen LogP contribution in [0.3, 0.4) is 0 Å². The number of carbonyl (C=O) groups excluding carboxylic acids is 2. The Kier molecular flexibility index (Phi) is 4.48. The minimum absolute atomic E-state index is 0.546. The maximum atomic E-state index is 12.9. The average molecular weight is 313 g/mol. The maximum absolute atomic E-state index is 12.9. The van der Waals surface area contributed by atoms with Crippen LogP contribution in [0, 0.1) is 0 Å². The SMILES string of the molecule is COC(=O)[C@H]1CC(O)(C(F)(F)F)CN1C(=O)OC(C)(C)C. The Bertz CT molecular complexity index is 432. The van der Waals surface area contributed by atoms with Gasteiger partial charge in [0.15, 0.2) is 5.60 Å². The lowest BCUT2D eigenvalue weighted by Crippen LogP contribution is -2.48. The molecular formula is C12H18F3NO5. The predicted octanol–water partition coefficient (Wildman–Crippen LogP) is 1.46. The number of ether oxygens (including phenoxy) is 2. The molecule has 122 valence electrons. The highest BCUT2D eigenvalue weighted by Crippen LogP contribution is 2.41. The van der Waals surface area contributed by atoms with Crippen molar-refractivity contribution in [2.45, 2.75) is 50.6 Å². The summed E-state index contributed by atoms with van der Waals surface area (Å²) in [5.74, 6) is -1.04. The summed E-state index contributed by atoms with van der Waals surface area (Å²) in [5.41, 5.74) is -4.11. The second kappa shape index (κ2) is 5.36. The topological polar surface area (TPSA) is 76.1 Å². The number of hydrogen-bond donors (Lipinski definition) is 1. The van der Waals surface area contributed by atoms with Crippen LogP contribution in [0.4, 0.5) is 18.0 Å². The van der Waals surface area contributed by atoms with Crippen LogP contribution in [0.15, 0.2) is 0 Å². The first-order valence-corrected chi connectivity index (χ1v) is 6.17. The van der Waals surface area contributed by atoms with E-state index in [0.717, 1.165) is 7.11 Å². The smallest absolute Gasteiger partial charge is 0.419 e. The van der Waals surface area contributed by atoms with Crippen molar-refractivity contribution >= 4 is 12.1 Å². The average Bonchev–Trinajstić information content (AvgIpc) is 2.65. The zero-order chi connectivity index (χ0) is 16.6. The van der Waals surface area contributed by atoms with E-state index in [4.69, 9.17) is 4.74 Å². The highest BCUT2D eigenvalue weighted by Gasteiger charge is 2.63. The first kappa shape index (κ1) is 17.5. The molecule has 9 heteroatoms. The largest absolute Gasteiger partial charge is 0.467 e. The van der Waals surface area contributed by atoms with E-state index in [1.807, 2.05) is 0 Å². The van der Waals surface area contributed by atoms with Crippen molar-refractivity contribution in [1.29, 1.82) is 0 Å². The molecule has 1 heterocycles. The fourth-order valence-corrected chi connectivity index (χ4v) is 1.95. The van der Waals surface area contributed by atoms with E-state index in [2.05, 4.69) is 4.74 Å². The number of hydrogen-bond acceptors (Lipinski definition) is 5. The summed E-state index contributed by atoms with van der Waals surface area (Å²) in [6.07, 6.45) is -7.07. The highest BCUT2D eigenvalue weighted by atomic mass is 19.4. The first-order valence-electron chi connectivity index (χ1n) is 6.17. The third-order valence-corrected chi connectivity index (χ3v) is 2.97. The third-order valence-electron chi connectivity index (χ3n) is 2.97. The number of carbonyl (C=O) groups is 2. The van der Waals surface area contributed by atoms with Crippen molar-refractivity contribution in [3.8, 4) is 0 Å². The molecule has 1 N–H and O–H groups in total. The molecule has 1 aliphatic heterocycles. The Labute approximate surface area is 119 Å². The van der Waals surface area contributed by atoms with Crippen molar-refractivity contribution in [3.05, 3.63) is 0 Å². The summed E-state index contributed by atoms with van der Waals surface area (Å²) in [6.45, 7) is 3.52. The van der Waals surface area contributed by atoms with Gasteiger partial charge in [0.05, 0.1) is 13.7 Å². The van der Waals surface area contributed by atoms with E-state index in [9.17, 15) is 27.9 Å². The molecular weight excluding hydrogens is 295 g/mol. The minimum Gasteiger partial charge on any atom is -0.467 e. The fraction of sp³-hybridized carbons (Fsp3) is 0.833. The Morgan fingerprint density at radius 3 is 2.19 bits per heavy atom. The van der Waals surface area contributed by atoms with Gasteiger partial charge in [0.2, 0.25) is 0 Å². The van der Waals surface area contributed by atoms with Crippen molar-refractivity contribution in [2.24, 2.45) is 0 Å². The minimum atomic E-state index is -4.98. The van der Waals surface area contributed by atoms with Gasteiger partial charge in [0.25, 0.3) is 0 Å². The number of alkyl halides is 3. The van der Waals surface area contributed by atoms with E-state index >= 15 is 0 Å². The van der Waals surface area contributed by atoms with Gasteiger partial charge in [0.1, 0.15) is 11.6 Å². The van der Waals surface area contributed by atoms with E-state index in [-0.39, 0.29) is 0 Å². The molecule has 1 saturated heterocycles. The zero-order valence-corrected chi connectivity index (χ0v) is 12.2. The van der Waals surface area contributed by atoms with Crippen LogP contribution < -0.4 is 0 Å². The molecule has 0 aromatic heterocycles. The summed E-state index contributed by atoms with van der Waals surface area (Å²) >= 11 is 0. The van der Waals surface area contributed by atoms with Gasteiger partial charge in [0, 0.05) is 6.42 Å². The maximum Gasteiger partial charge on any atom is 0.419 e. The zero-order valence-electron chi connectivity index (χ0n) is 12.2. The monoisotopic (exact) mass is 313 g/mol. The molecule has 0 aromatic carbocycles. The number of halogens is 3. The first-order chi connectivity index (χ1) is 9.31. The molecule has 0 saturated carbocycles. The lowest BCUT2D eigenvalue weighted by molar-refractivity contribution is -0.253. The van der Waals surface area contributed by atoms with Crippen molar-refractivity contribution in [2.75, 3.05) is 13.7 Å². The van der Waals surface area contributed by atoms with Crippen molar-refractivity contribution in [1.82, 2.24) is 4.90 Å². The molecule has 2 atom stereocenters.